The SMILES string of the molecule is O=C1/C(=C\c2ccc3c(c2)OCO3)SC(=S)N1[C@@H]1CCS(=O)(=O)C1. The van der Waals surface area contributed by atoms with Crippen molar-refractivity contribution in [1.82, 2.24) is 4.90 Å². The van der Waals surface area contributed by atoms with Crippen LogP contribution in [0.25, 0.3) is 6.08 Å². The summed E-state index contributed by atoms with van der Waals surface area (Å²) in [6, 6.07) is 5.07. The van der Waals surface area contributed by atoms with Crippen LogP contribution in [-0.2, 0) is 14.6 Å². The van der Waals surface area contributed by atoms with Gasteiger partial charge in [-0.05, 0) is 30.2 Å². The molecule has 0 bridgehead atoms. The van der Waals surface area contributed by atoms with Gasteiger partial charge in [-0.2, -0.15) is 0 Å². The van der Waals surface area contributed by atoms with Crippen molar-refractivity contribution in [2.45, 2.75) is 12.5 Å². The van der Waals surface area contributed by atoms with E-state index in [-0.39, 0.29) is 30.2 Å². The molecule has 2 saturated heterocycles. The summed E-state index contributed by atoms with van der Waals surface area (Å²) in [7, 11) is -3.08. The Bertz CT molecular complexity index is 877. The average Bonchev–Trinajstić information content (AvgIpc) is 3.18. The van der Waals surface area contributed by atoms with Crippen LogP contribution in [-0.4, -0.2) is 47.9 Å². The fraction of sp³-hybridized carbons (Fsp3) is 0.333. The van der Waals surface area contributed by atoms with Gasteiger partial charge in [-0.15, -0.1) is 0 Å². The van der Waals surface area contributed by atoms with E-state index in [0.29, 0.717) is 27.1 Å². The molecule has 9 heteroatoms. The van der Waals surface area contributed by atoms with Crippen molar-refractivity contribution in [3.8, 4) is 11.5 Å². The number of hydrogen-bond donors (Lipinski definition) is 0. The third-order valence-corrected chi connectivity index (χ3v) is 7.17. The predicted molar refractivity (Wildman–Crippen MR) is 94.6 cm³/mol. The second-order valence-electron chi connectivity index (χ2n) is 5.72. The number of rotatable bonds is 2. The maximum Gasteiger partial charge on any atom is 0.266 e. The first-order valence-electron chi connectivity index (χ1n) is 7.30. The highest BCUT2D eigenvalue weighted by Gasteiger charge is 2.42. The summed E-state index contributed by atoms with van der Waals surface area (Å²) in [6.07, 6.45) is 2.18. The molecule has 4 rings (SSSR count). The summed E-state index contributed by atoms with van der Waals surface area (Å²) >= 11 is 6.49. The minimum absolute atomic E-state index is 0.0171. The number of amides is 1. The first kappa shape index (κ1) is 15.9. The maximum absolute atomic E-state index is 12.7. The summed E-state index contributed by atoms with van der Waals surface area (Å²) < 4.78 is 34.3. The van der Waals surface area contributed by atoms with Crippen LogP contribution in [0.5, 0.6) is 11.5 Å². The zero-order chi connectivity index (χ0) is 16.9. The molecule has 3 aliphatic rings. The Hall–Kier alpha value is -1.58. The van der Waals surface area contributed by atoms with E-state index in [1.165, 1.54) is 16.7 Å². The highest BCUT2D eigenvalue weighted by molar-refractivity contribution is 8.26. The number of carbonyl (C=O) groups excluding carboxylic acids is 1. The van der Waals surface area contributed by atoms with Crippen molar-refractivity contribution >= 4 is 50.1 Å². The molecule has 0 radical (unpaired) electrons. The van der Waals surface area contributed by atoms with E-state index in [4.69, 9.17) is 21.7 Å². The van der Waals surface area contributed by atoms with Gasteiger partial charge in [-0.25, -0.2) is 8.42 Å². The third-order valence-electron chi connectivity index (χ3n) is 4.09. The van der Waals surface area contributed by atoms with Crippen LogP contribution in [0, 0.1) is 0 Å². The fourth-order valence-electron chi connectivity index (χ4n) is 2.93. The largest absolute Gasteiger partial charge is 0.454 e. The molecule has 2 fully saturated rings. The molecule has 6 nitrogen and oxygen atoms in total. The van der Waals surface area contributed by atoms with Crippen molar-refractivity contribution in [3.05, 3.63) is 28.7 Å². The van der Waals surface area contributed by atoms with Crippen molar-refractivity contribution in [2.24, 2.45) is 0 Å². The highest BCUT2D eigenvalue weighted by atomic mass is 32.2. The Morgan fingerprint density at radius 1 is 1.29 bits per heavy atom. The molecule has 0 saturated carbocycles. The topological polar surface area (TPSA) is 72.9 Å². The Morgan fingerprint density at radius 2 is 2.08 bits per heavy atom. The van der Waals surface area contributed by atoms with Gasteiger partial charge in [0.2, 0.25) is 6.79 Å². The molecule has 0 aliphatic carbocycles. The minimum atomic E-state index is -3.08. The van der Waals surface area contributed by atoms with Gasteiger partial charge in [0.05, 0.1) is 22.5 Å². The molecule has 3 heterocycles. The molecular formula is C15H13NO5S3. The first-order chi connectivity index (χ1) is 11.4. The molecule has 3 aliphatic heterocycles. The molecule has 1 aromatic rings. The standard InChI is InChI=1S/C15H13NO5S3/c17-14-13(6-9-1-2-11-12(5-9)21-8-20-11)23-15(22)16(14)10-3-4-24(18,19)7-10/h1-2,5-6,10H,3-4,7-8H2/b13-6+/t10-/m1/s1. The number of hydrogen-bond acceptors (Lipinski definition) is 7. The van der Waals surface area contributed by atoms with E-state index in [0.717, 1.165) is 5.56 Å². The van der Waals surface area contributed by atoms with Gasteiger partial charge < -0.3 is 9.47 Å². The lowest BCUT2D eigenvalue weighted by Crippen LogP contribution is -2.39. The molecule has 0 N–H and O–H groups in total. The molecule has 0 unspecified atom stereocenters. The number of fused-ring (bicyclic) bond motifs is 1. The second kappa shape index (κ2) is 5.75. The summed E-state index contributed by atoms with van der Waals surface area (Å²) in [5.74, 6) is 1.17. The lowest BCUT2D eigenvalue weighted by Gasteiger charge is -2.20. The van der Waals surface area contributed by atoms with E-state index < -0.39 is 9.84 Å². The zero-order valence-electron chi connectivity index (χ0n) is 12.4. The summed E-state index contributed by atoms with van der Waals surface area (Å²) in [5, 5.41) is 0. The highest BCUT2D eigenvalue weighted by Crippen LogP contribution is 2.38. The van der Waals surface area contributed by atoms with Gasteiger partial charge >= 0.3 is 0 Å². The minimum Gasteiger partial charge on any atom is -0.454 e. The third kappa shape index (κ3) is 2.80. The van der Waals surface area contributed by atoms with Crippen molar-refractivity contribution in [1.29, 1.82) is 0 Å². The predicted octanol–water partition coefficient (Wildman–Crippen LogP) is 1.80. The van der Waals surface area contributed by atoms with Crippen molar-refractivity contribution in [2.75, 3.05) is 18.3 Å². The molecule has 126 valence electrons. The molecule has 1 amide bonds. The number of benzene rings is 1. The van der Waals surface area contributed by atoms with Crippen LogP contribution in [0.3, 0.4) is 0 Å². The Kier molecular flexibility index (Phi) is 3.81. The van der Waals surface area contributed by atoms with E-state index in [9.17, 15) is 13.2 Å². The van der Waals surface area contributed by atoms with E-state index in [1.807, 2.05) is 6.07 Å². The molecule has 1 aromatic carbocycles. The van der Waals surface area contributed by atoms with E-state index in [1.54, 1.807) is 18.2 Å². The van der Waals surface area contributed by atoms with Crippen molar-refractivity contribution in [3.63, 3.8) is 0 Å². The van der Waals surface area contributed by atoms with Crippen LogP contribution in [0.2, 0.25) is 0 Å². The number of sulfone groups is 1. The Balaban J connectivity index is 1.59. The lowest BCUT2D eigenvalue weighted by atomic mass is 10.1. The number of nitrogens with zero attached hydrogens (tertiary/aromatic N) is 1. The lowest BCUT2D eigenvalue weighted by molar-refractivity contribution is -0.123. The summed E-state index contributed by atoms with van der Waals surface area (Å²) in [4.78, 5) is 14.6. The van der Waals surface area contributed by atoms with Crippen LogP contribution in [0.1, 0.15) is 12.0 Å². The Morgan fingerprint density at radius 3 is 2.83 bits per heavy atom. The molecule has 24 heavy (non-hydrogen) atoms. The molecule has 1 atom stereocenters. The van der Waals surface area contributed by atoms with Gasteiger partial charge in [-0.1, -0.05) is 30.0 Å². The van der Waals surface area contributed by atoms with Crippen molar-refractivity contribution < 1.29 is 22.7 Å². The van der Waals surface area contributed by atoms with Crippen LogP contribution in [0.15, 0.2) is 23.1 Å². The molecular weight excluding hydrogens is 370 g/mol. The summed E-state index contributed by atoms with van der Waals surface area (Å²) in [6.45, 7) is 0.192. The van der Waals surface area contributed by atoms with Gasteiger partial charge in [-0.3, -0.25) is 9.69 Å². The number of carbonyl (C=O) groups is 1. The van der Waals surface area contributed by atoms with Crippen LogP contribution >= 0.6 is 24.0 Å². The van der Waals surface area contributed by atoms with Crippen LogP contribution in [0.4, 0.5) is 0 Å². The van der Waals surface area contributed by atoms with Gasteiger partial charge in [0.15, 0.2) is 21.3 Å². The van der Waals surface area contributed by atoms with E-state index in [2.05, 4.69) is 0 Å². The average molecular weight is 383 g/mol. The number of thioether (sulfide) groups is 1. The Labute approximate surface area is 148 Å². The van der Waals surface area contributed by atoms with Crippen LogP contribution < -0.4 is 9.47 Å². The second-order valence-corrected chi connectivity index (χ2v) is 9.63. The summed E-state index contributed by atoms with van der Waals surface area (Å²) in [5.41, 5.74) is 0.804. The quantitative estimate of drug-likeness (QED) is 0.570. The van der Waals surface area contributed by atoms with Gasteiger partial charge in [0.25, 0.3) is 5.91 Å². The van der Waals surface area contributed by atoms with Gasteiger partial charge in [0, 0.05) is 0 Å². The first-order valence-corrected chi connectivity index (χ1v) is 10.3. The smallest absolute Gasteiger partial charge is 0.266 e. The molecule has 0 aromatic heterocycles. The molecule has 0 spiro atoms. The van der Waals surface area contributed by atoms with E-state index >= 15 is 0 Å². The number of thiocarbonyl (C=S) groups is 1. The van der Waals surface area contributed by atoms with Gasteiger partial charge in [0.1, 0.15) is 4.32 Å². The normalized spacial score (nSPS) is 26.6. The monoisotopic (exact) mass is 383 g/mol. The zero-order valence-corrected chi connectivity index (χ0v) is 14.9. The fourth-order valence-corrected chi connectivity index (χ4v) is 6.03. The maximum atomic E-state index is 12.7. The number of ether oxygens (including phenoxy) is 2.